The second-order valence-electron chi connectivity index (χ2n) is 20.2. The molecule has 0 unspecified atom stereocenters. The predicted molar refractivity (Wildman–Crippen MR) is 242 cm³/mol. The molecule has 330 valence electrons. The Balaban J connectivity index is 0.000000136. The molecule has 9 rings (SSSR count). The highest BCUT2D eigenvalue weighted by Gasteiger charge is 2.46. The van der Waals surface area contributed by atoms with Crippen molar-refractivity contribution in [3.05, 3.63) is 108 Å². The lowest BCUT2D eigenvalue weighted by Gasteiger charge is -2.45. The number of rotatable bonds is 6. The zero-order chi connectivity index (χ0) is 42.0. The normalized spacial score (nSPS) is 38.6. The van der Waals surface area contributed by atoms with Gasteiger partial charge in [-0.3, -0.25) is 0 Å². The van der Waals surface area contributed by atoms with Crippen LogP contribution >= 0.6 is 0 Å². The molecule has 6 aliphatic carbocycles. The van der Waals surface area contributed by atoms with Crippen molar-refractivity contribution in [2.24, 2.45) is 17.8 Å². The topological polar surface area (TPSA) is 121 Å². The molecule has 6 saturated carbocycles. The van der Waals surface area contributed by atoms with Crippen LogP contribution in [0.2, 0.25) is 0 Å². The van der Waals surface area contributed by atoms with Gasteiger partial charge in [0, 0.05) is 17.8 Å². The van der Waals surface area contributed by atoms with Gasteiger partial charge in [0.1, 0.15) is 0 Å². The van der Waals surface area contributed by atoms with Crippen molar-refractivity contribution < 1.29 is 30.6 Å². The molecular formula is C54H78O6. The Labute approximate surface area is 361 Å². The Morgan fingerprint density at radius 3 is 0.733 bits per heavy atom. The minimum atomic E-state index is -0.620. The van der Waals surface area contributed by atoms with Crippen molar-refractivity contribution in [2.75, 3.05) is 0 Å². The summed E-state index contributed by atoms with van der Waals surface area (Å²) in [4.78, 5) is 0. The number of benzene rings is 3. The molecule has 6 heteroatoms. The highest BCUT2D eigenvalue weighted by molar-refractivity contribution is 5.23. The van der Waals surface area contributed by atoms with Crippen LogP contribution in [0.25, 0.3) is 0 Å². The van der Waals surface area contributed by atoms with Gasteiger partial charge in [-0.2, -0.15) is 0 Å². The average Bonchev–Trinajstić information content (AvgIpc) is 3.29. The first-order valence-corrected chi connectivity index (χ1v) is 24.4. The number of aliphatic hydroxyl groups is 6. The van der Waals surface area contributed by atoms with E-state index in [2.05, 4.69) is 91.0 Å². The van der Waals surface area contributed by atoms with E-state index in [0.717, 1.165) is 154 Å². The first-order valence-electron chi connectivity index (χ1n) is 24.4. The molecule has 3 aromatic carbocycles. The van der Waals surface area contributed by atoms with Crippen LogP contribution in [0.3, 0.4) is 0 Å². The number of hydrogen-bond donors (Lipinski definition) is 6. The summed E-state index contributed by atoms with van der Waals surface area (Å²) < 4.78 is 0. The standard InChI is InChI=1S/3C18H26O2/c3*19-17-9-5-4-8-16(17)18(20)12-10-15(11-13-18)14-6-2-1-3-7-14/h3*1-3,6-7,15-17,19-20H,4-5,8-13H2/t3*15?,16-,17-,18?/m100/s1. The van der Waals surface area contributed by atoms with Crippen molar-refractivity contribution in [3.8, 4) is 0 Å². The lowest BCUT2D eigenvalue weighted by Crippen LogP contribution is -2.47. The van der Waals surface area contributed by atoms with Crippen LogP contribution in [0.15, 0.2) is 91.0 Å². The molecule has 0 aromatic heterocycles. The van der Waals surface area contributed by atoms with Crippen molar-refractivity contribution in [3.63, 3.8) is 0 Å². The van der Waals surface area contributed by atoms with Gasteiger partial charge in [-0.15, -0.1) is 0 Å². The van der Waals surface area contributed by atoms with Crippen LogP contribution < -0.4 is 0 Å². The van der Waals surface area contributed by atoms with E-state index in [1.807, 2.05) is 0 Å². The fourth-order valence-corrected chi connectivity index (χ4v) is 12.9. The fourth-order valence-electron chi connectivity index (χ4n) is 12.9. The van der Waals surface area contributed by atoms with Gasteiger partial charge in [-0.25, -0.2) is 0 Å². The molecule has 6 atom stereocenters. The SMILES string of the molecule is O[C@@H]1CCCC[C@H]1C1(O)CCC(c2ccccc2)CC1.O[C@H]1CCCC[C@@H]1C1(O)CCC(c2ccccc2)CC1.O[C@H]1CCCC[C@@H]1C1(O)CCC(c2ccccc2)CC1. The largest absolute Gasteiger partial charge is 0.393 e. The van der Waals surface area contributed by atoms with Gasteiger partial charge >= 0.3 is 0 Å². The van der Waals surface area contributed by atoms with Gasteiger partial charge in [-0.1, -0.05) is 130 Å². The summed E-state index contributed by atoms with van der Waals surface area (Å²) in [6.45, 7) is 0. The highest BCUT2D eigenvalue weighted by Crippen LogP contribution is 2.48. The summed E-state index contributed by atoms with van der Waals surface area (Å²) in [5.74, 6) is 2.06. The van der Waals surface area contributed by atoms with Crippen LogP contribution in [0, 0.1) is 17.8 Å². The first kappa shape index (κ1) is 45.4. The monoisotopic (exact) mass is 823 g/mol. The van der Waals surface area contributed by atoms with E-state index in [0.29, 0.717) is 17.8 Å². The Morgan fingerprint density at radius 1 is 0.300 bits per heavy atom. The maximum atomic E-state index is 11.0. The van der Waals surface area contributed by atoms with E-state index >= 15 is 0 Å². The first-order chi connectivity index (χ1) is 29.1. The average molecular weight is 823 g/mol. The maximum Gasteiger partial charge on any atom is 0.0700 e. The molecule has 0 bridgehead atoms. The summed E-state index contributed by atoms with van der Waals surface area (Å²) in [6.07, 6.45) is 22.9. The van der Waals surface area contributed by atoms with E-state index in [1.54, 1.807) is 0 Å². The second-order valence-corrected chi connectivity index (χ2v) is 20.2. The van der Waals surface area contributed by atoms with Gasteiger partial charge < -0.3 is 30.6 Å². The van der Waals surface area contributed by atoms with Crippen LogP contribution in [-0.2, 0) is 0 Å². The molecular weight excluding hydrogens is 745 g/mol. The summed E-state index contributed by atoms with van der Waals surface area (Å²) in [7, 11) is 0. The van der Waals surface area contributed by atoms with Gasteiger partial charge in [0.15, 0.2) is 0 Å². The third-order valence-corrected chi connectivity index (χ3v) is 16.6. The molecule has 6 fully saturated rings. The molecule has 6 aliphatic rings. The Hall–Kier alpha value is -2.58. The zero-order valence-electron chi connectivity index (χ0n) is 36.5. The van der Waals surface area contributed by atoms with Gasteiger partial charge in [0.25, 0.3) is 0 Å². The third kappa shape index (κ3) is 11.3. The summed E-state index contributed by atoms with van der Waals surface area (Å²) in [6, 6.07) is 32.0. The molecule has 60 heavy (non-hydrogen) atoms. The molecule has 0 radical (unpaired) electrons. The number of aliphatic hydroxyl groups excluding tert-OH is 3. The van der Waals surface area contributed by atoms with Crippen LogP contribution in [0.1, 0.15) is 189 Å². The van der Waals surface area contributed by atoms with Crippen LogP contribution in [0.4, 0.5) is 0 Å². The lowest BCUT2D eigenvalue weighted by molar-refractivity contribution is -0.110. The van der Waals surface area contributed by atoms with E-state index in [-0.39, 0.29) is 36.1 Å². The highest BCUT2D eigenvalue weighted by atomic mass is 16.3. The van der Waals surface area contributed by atoms with E-state index < -0.39 is 16.8 Å². The van der Waals surface area contributed by atoms with E-state index in [1.165, 1.54) is 16.7 Å². The van der Waals surface area contributed by atoms with Crippen molar-refractivity contribution in [1.29, 1.82) is 0 Å². The molecule has 0 spiro atoms. The molecule has 0 saturated heterocycles. The molecule has 0 amide bonds. The quantitative estimate of drug-likeness (QED) is 0.147. The van der Waals surface area contributed by atoms with E-state index in [4.69, 9.17) is 0 Å². The Bertz CT molecular complexity index is 1460. The van der Waals surface area contributed by atoms with E-state index in [9.17, 15) is 30.6 Å². The zero-order valence-corrected chi connectivity index (χ0v) is 36.5. The van der Waals surface area contributed by atoms with Crippen molar-refractivity contribution in [1.82, 2.24) is 0 Å². The summed E-state index contributed by atoms with van der Waals surface area (Å²) >= 11 is 0. The van der Waals surface area contributed by atoms with Gasteiger partial charge in [0.05, 0.1) is 35.1 Å². The Morgan fingerprint density at radius 2 is 0.517 bits per heavy atom. The van der Waals surface area contributed by atoms with Gasteiger partial charge in [-0.05, 0) is 150 Å². The molecule has 6 nitrogen and oxygen atoms in total. The second kappa shape index (κ2) is 21.2. The lowest BCUT2D eigenvalue weighted by atomic mass is 9.66. The fraction of sp³-hybridized carbons (Fsp3) is 0.667. The van der Waals surface area contributed by atoms with Crippen molar-refractivity contribution >= 4 is 0 Å². The molecule has 0 heterocycles. The minimum absolute atomic E-state index is 0.105. The van der Waals surface area contributed by atoms with Crippen LogP contribution in [0.5, 0.6) is 0 Å². The smallest absolute Gasteiger partial charge is 0.0700 e. The minimum Gasteiger partial charge on any atom is -0.393 e. The molecule has 0 aliphatic heterocycles. The number of hydrogen-bond acceptors (Lipinski definition) is 6. The molecule has 6 N–H and O–H groups in total. The summed E-state index contributed by atoms with van der Waals surface area (Å²) in [5.41, 5.74) is 2.35. The van der Waals surface area contributed by atoms with Crippen LogP contribution in [-0.4, -0.2) is 65.8 Å². The Kier molecular flexibility index (Phi) is 16.1. The molecule has 3 aromatic rings. The summed E-state index contributed by atoms with van der Waals surface area (Å²) in [5, 5.41) is 63.5. The van der Waals surface area contributed by atoms with Crippen molar-refractivity contribution in [2.45, 2.75) is 207 Å². The third-order valence-electron chi connectivity index (χ3n) is 16.6. The predicted octanol–water partition coefficient (Wildman–Crippen LogP) is 10.9. The maximum absolute atomic E-state index is 11.0. The van der Waals surface area contributed by atoms with Gasteiger partial charge in [0.2, 0.25) is 0 Å².